The molecule has 4 heterocycles. The largest absolute Gasteiger partial charge is 0.477 e. The van der Waals surface area contributed by atoms with Gasteiger partial charge in [-0.3, -0.25) is 14.5 Å². The number of hydrogen-bond acceptors (Lipinski definition) is 9. The van der Waals surface area contributed by atoms with Gasteiger partial charge in [0.15, 0.2) is 29.3 Å². The van der Waals surface area contributed by atoms with Gasteiger partial charge in [0.05, 0.1) is 0 Å². The number of carboxylic acid groups (broad SMARTS) is 1. The van der Waals surface area contributed by atoms with Crippen LogP contribution >= 0.6 is 23.1 Å². The van der Waals surface area contributed by atoms with E-state index in [4.69, 9.17) is 10.6 Å². The summed E-state index contributed by atoms with van der Waals surface area (Å²) in [6.45, 7) is 0.404. The van der Waals surface area contributed by atoms with E-state index in [1.807, 2.05) is 12.3 Å². The molecule has 2 amide bonds. The molecular weight excluding hydrogens is 492 g/mol. The molecule has 2 aromatic heterocycles. The lowest BCUT2D eigenvalue weighted by Crippen LogP contribution is -2.71. The molecule has 2 aromatic rings. The van der Waals surface area contributed by atoms with E-state index in [9.17, 15) is 19.5 Å². The Hall–Kier alpha value is -3.45. The van der Waals surface area contributed by atoms with Crippen molar-refractivity contribution < 1.29 is 28.9 Å². The molecule has 0 bridgehead atoms. The number of β-lactam (4-membered cyclic amide) rings is 1. The molecule has 3 aliphatic rings. The van der Waals surface area contributed by atoms with E-state index in [2.05, 4.69) is 26.1 Å². The molecule has 2 aliphatic heterocycles. The van der Waals surface area contributed by atoms with E-state index in [0.29, 0.717) is 17.9 Å². The van der Waals surface area contributed by atoms with Crippen molar-refractivity contribution in [1.29, 1.82) is 0 Å². The summed E-state index contributed by atoms with van der Waals surface area (Å²) in [5.74, 6) is -1.86. The zero-order valence-corrected chi connectivity index (χ0v) is 20.4. The molecule has 0 aromatic carbocycles. The van der Waals surface area contributed by atoms with Gasteiger partial charge in [0.1, 0.15) is 29.9 Å². The lowest BCUT2D eigenvalue weighted by atomic mass is 10.0. The Balaban J connectivity index is 1.36. The summed E-state index contributed by atoms with van der Waals surface area (Å²) in [6.07, 6.45) is 5.01. The van der Waals surface area contributed by atoms with Crippen molar-refractivity contribution in [3.8, 4) is 0 Å². The van der Waals surface area contributed by atoms with Crippen LogP contribution in [0.4, 0.5) is 5.13 Å². The highest BCUT2D eigenvalue weighted by molar-refractivity contribution is 8.00. The van der Waals surface area contributed by atoms with Gasteiger partial charge >= 0.3 is 5.97 Å². The number of nitrogens with two attached hydrogens (primary N) is 1. The molecule has 11 nitrogen and oxygen atoms in total. The summed E-state index contributed by atoms with van der Waals surface area (Å²) in [5, 5.41) is 17.7. The van der Waals surface area contributed by atoms with Crippen molar-refractivity contribution in [2.75, 3.05) is 18.6 Å². The highest BCUT2D eigenvalue weighted by atomic mass is 32.2. The zero-order valence-electron chi connectivity index (χ0n) is 18.8. The van der Waals surface area contributed by atoms with Crippen molar-refractivity contribution in [2.24, 2.45) is 5.16 Å². The number of thiazole rings is 1. The predicted molar refractivity (Wildman–Crippen MR) is 128 cm³/mol. The van der Waals surface area contributed by atoms with Crippen molar-refractivity contribution in [3.63, 3.8) is 0 Å². The van der Waals surface area contributed by atoms with Crippen LogP contribution in [0.3, 0.4) is 0 Å². The first-order valence-electron chi connectivity index (χ1n) is 10.9. The van der Waals surface area contributed by atoms with Crippen molar-refractivity contribution in [2.45, 2.75) is 37.2 Å². The second kappa shape index (κ2) is 9.30. The number of oxime groups is 1. The molecule has 2 atom stereocenters. The number of anilines is 1. The molecule has 4 N–H and O–H groups in total. The highest BCUT2D eigenvalue weighted by Crippen LogP contribution is 2.40. The van der Waals surface area contributed by atoms with Crippen LogP contribution in [0.5, 0.6) is 0 Å². The van der Waals surface area contributed by atoms with Crippen LogP contribution in [0.1, 0.15) is 23.4 Å². The van der Waals surface area contributed by atoms with Crippen LogP contribution in [-0.2, 0) is 38.6 Å². The molecule has 0 unspecified atom stereocenters. The zero-order chi connectivity index (χ0) is 24.7. The van der Waals surface area contributed by atoms with Crippen LogP contribution in [0, 0.1) is 0 Å². The van der Waals surface area contributed by atoms with Gasteiger partial charge in [-0.25, -0.2) is 9.78 Å². The fourth-order valence-electron chi connectivity index (χ4n) is 4.67. The number of carbonyl (C=O) groups excluding carboxylic acids is 2. The third-order valence-corrected chi connectivity index (χ3v) is 8.21. The second-order valence-corrected chi connectivity index (χ2v) is 10.3. The maximum Gasteiger partial charge on any atom is 0.352 e. The second-order valence-electron chi connectivity index (χ2n) is 8.27. The Morgan fingerprint density at radius 1 is 1.43 bits per heavy atom. The van der Waals surface area contributed by atoms with Gasteiger partial charge < -0.3 is 21.0 Å². The number of aryl methyl sites for hydroxylation is 1. The number of fused-ring (bicyclic) bond motifs is 2. The fraction of sp³-hybridized carbons (Fsp3) is 0.364. The van der Waals surface area contributed by atoms with Crippen LogP contribution in [0.2, 0.25) is 0 Å². The number of hydrogen-bond donors (Lipinski definition) is 3. The molecule has 1 aliphatic carbocycles. The lowest BCUT2D eigenvalue weighted by molar-refractivity contribution is -0.696. The summed E-state index contributed by atoms with van der Waals surface area (Å²) in [4.78, 5) is 48.2. The first kappa shape index (κ1) is 23.3. The number of nitrogens with zero attached hydrogens (tertiary/aromatic N) is 4. The summed E-state index contributed by atoms with van der Waals surface area (Å²) in [6, 6.07) is 3.18. The fourth-order valence-corrected chi connectivity index (χ4v) is 6.56. The maximum absolute atomic E-state index is 13.0. The number of carboxylic acids is 1. The molecule has 5 rings (SSSR count). The highest BCUT2D eigenvalue weighted by Gasteiger charge is 2.55. The van der Waals surface area contributed by atoms with Gasteiger partial charge in [0.2, 0.25) is 0 Å². The maximum atomic E-state index is 13.0. The summed E-state index contributed by atoms with van der Waals surface area (Å²) >= 11 is 2.57. The molecule has 0 saturated carbocycles. The summed E-state index contributed by atoms with van der Waals surface area (Å²) in [5.41, 5.74) is 8.92. The number of nitrogens with one attached hydrogen (secondary N) is 1. The SMILES string of the molecule is CO/N=C(\C(=O)N[C@H]1C(=O)N2C(C(=O)O)=C(C[n+]3cccc4c3CCC4)CS[C@H]12)c1csc(N)n1. The van der Waals surface area contributed by atoms with Crippen LogP contribution < -0.4 is 15.6 Å². The van der Waals surface area contributed by atoms with Gasteiger partial charge in [-0.1, -0.05) is 5.16 Å². The molecule has 182 valence electrons. The quantitative estimate of drug-likeness (QED) is 0.206. The number of pyridine rings is 1. The third-order valence-electron chi connectivity index (χ3n) is 6.20. The first-order chi connectivity index (χ1) is 16.9. The Labute approximate surface area is 208 Å². The smallest absolute Gasteiger partial charge is 0.352 e. The van der Waals surface area contributed by atoms with E-state index in [1.165, 1.54) is 35.0 Å². The summed E-state index contributed by atoms with van der Waals surface area (Å²) in [7, 11) is 1.29. The number of rotatable bonds is 7. The number of nitrogen functional groups attached to an aromatic ring is 1. The van der Waals surface area contributed by atoms with Crippen molar-refractivity contribution in [1.82, 2.24) is 15.2 Å². The standard InChI is InChI=1S/C22H22N6O5S2/c1-33-26-15(13-10-35-22(23)24-13)18(29)25-16-19(30)28-17(21(31)32)12(9-34-20(16)28)8-27-7-3-5-11-4-2-6-14(11)27/h3,5,7,10,16,20H,2,4,6,8-9H2,1H3,(H3-,23,24,25,29,31,32)/p+1/b26-15-/t16-,20+/m0/s1. The van der Waals surface area contributed by atoms with Crippen molar-refractivity contribution >= 4 is 51.7 Å². The van der Waals surface area contributed by atoms with Crippen LogP contribution in [0.25, 0.3) is 0 Å². The molecule has 0 radical (unpaired) electrons. The van der Waals surface area contributed by atoms with Crippen LogP contribution in [0.15, 0.2) is 40.1 Å². The van der Waals surface area contributed by atoms with Gasteiger partial charge in [-0.2, -0.15) is 4.57 Å². The number of carbonyl (C=O) groups is 3. The summed E-state index contributed by atoms with van der Waals surface area (Å²) < 4.78 is 2.08. The Morgan fingerprint density at radius 2 is 2.26 bits per heavy atom. The van der Waals surface area contributed by atoms with Gasteiger partial charge in [-0.15, -0.1) is 23.1 Å². The third kappa shape index (κ3) is 4.14. The minimum atomic E-state index is -1.16. The minimum Gasteiger partial charge on any atom is -0.477 e. The number of aliphatic carboxylic acids is 1. The molecule has 0 spiro atoms. The van der Waals surface area contributed by atoms with Crippen molar-refractivity contribution in [3.05, 3.63) is 51.9 Å². The topological polar surface area (TPSA) is 151 Å². The van der Waals surface area contributed by atoms with E-state index in [-0.39, 0.29) is 22.2 Å². The van der Waals surface area contributed by atoms with Gasteiger partial charge in [0, 0.05) is 34.8 Å². The molecular formula is C22H23N6O5S2+. The number of aromatic nitrogens is 2. The Bertz CT molecular complexity index is 1290. The van der Waals surface area contributed by atoms with Gasteiger partial charge in [-0.05, 0) is 18.9 Å². The number of amides is 2. The predicted octanol–water partition coefficient (Wildman–Crippen LogP) is 0.291. The van der Waals surface area contributed by atoms with E-state index in [0.717, 1.165) is 30.6 Å². The average molecular weight is 516 g/mol. The molecule has 35 heavy (non-hydrogen) atoms. The van der Waals surface area contributed by atoms with Crippen LogP contribution in [-0.4, -0.2) is 62.8 Å². The minimum absolute atomic E-state index is 0.00888. The Kier molecular flexibility index (Phi) is 6.19. The average Bonchev–Trinajstić information content (AvgIpc) is 3.49. The molecule has 1 fully saturated rings. The van der Waals surface area contributed by atoms with E-state index in [1.54, 1.807) is 5.38 Å². The normalized spacial score (nSPS) is 21.3. The lowest BCUT2D eigenvalue weighted by Gasteiger charge is -2.49. The monoisotopic (exact) mass is 515 g/mol. The van der Waals surface area contributed by atoms with E-state index >= 15 is 0 Å². The van der Waals surface area contributed by atoms with E-state index < -0.39 is 29.2 Å². The first-order valence-corrected chi connectivity index (χ1v) is 12.9. The molecule has 13 heteroatoms. The number of thioether (sulfide) groups is 1. The molecule has 1 saturated heterocycles. The Morgan fingerprint density at radius 3 is 2.97 bits per heavy atom. The van der Waals surface area contributed by atoms with Gasteiger partial charge in [0.25, 0.3) is 11.8 Å².